The van der Waals surface area contributed by atoms with Crippen molar-refractivity contribution in [2.75, 3.05) is 20.2 Å². The summed E-state index contributed by atoms with van der Waals surface area (Å²) in [5.41, 5.74) is 0.134. The van der Waals surface area contributed by atoms with E-state index in [4.69, 9.17) is 9.26 Å². The minimum absolute atomic E-state index is 0.117. The first-order valence-electron chi connectivity index (χ1n) is 7.97. The van der Waals surface area contributed by atoms with Crippen molar-refractivity contribution >= 4 is 0 Å². The number of piperidine rings is 1. The van der Waals surface area contributed by atoms with E-state index in [9.17, 15) is 13.2 Å². The van der Waals surface area contributed by atoms with Crippen LogP contribution >= 0.6 is 0 Å². The van der Waals surface area contributed by atoms with Crippen molar-refractivity contribution in [2.24, 2.45) is 0 Å². The van der Waals surface area contributed by atoms with Crippen LogP contribution < -0.4 is 0 Å². The number of methoxy groups -OCH3 is 1. The molecule has 2 aromatic rings. The molecular weight excluding hydrogens is 337 g/mol. The monoisotopic (exact) mass is 356 g/mol. The highest BCUT2D eigenvalue weighted by Gasteiger charge is 2.42. The molecule has 0 spiro atoms. The standard InChI is InChI=1S/C16H19F3N4O2/c1-24-15(14-21-13(22-25-14)10-16(17,18)19)5-8-23(9-6-15)11-12-4-2-3-7-20-12/h2-4,7H,5-6,8-11H2,1H3. The highest BCUT2D eigenvalue weighted by molar-refractivity contribution is 5.06. The lowest BCUT2D eigenvalue weighted by Crippen LogP contribution is -2.43. The first-order chi connectivity index (χ1) is 11.9. The molecule has 0 radical (unpaired) electrons. The zero-order valence-electron chi connectivity index (χ0n) is 13.8. The number of hydrogen-bond donors (Lipinski definition) is 0. The van der Waals surface area contributed by atoms with E-state index < -0.39 is 18.2 Å². The molecular formula is C16H19F3N4O2. The average Bonchev–Trinajstić information content (AvgIpc) is 3.04. The zero-order chi connectivity index (χ0) is 17.9. The summed E-state index contributed by atoms with van der Waals surface area (Å²) in [6.45, 7) is 2.10. The molecule has 0 saturated carbocycles. The average molecular weight is 356 g/mol. The molecule has 1 saturated heterocycles. The van der Waals surface area contributed by atoms with Crippen LogP contribution in [0.3, 0.4) is 0 Å². The largest absolute Gasteiger partial charge is 0.396 e. The molecule has 0 aromatic carbocycles. The maximum Gasteiger partial charge on any atom is 0.396 e. The van der Waals surface area contributed by atoms with Crippen molar-refractivity contribution in [3.05, 3.63) is 41.8 Å². The fraction of sp³-hybridized carbons (Fsp3) is 0.562. The van der Waals surface area contributed by atoms with Crippen molar-refractivity contribution in [2.45, 2.75) is 37.6 Å². The van der Waals surface area contributed by atoms with E-state index in [-0.39, 0.29) is 11.7 Å². The van der Waals surface area contributed by atoms with Gasteiger partial charge in [0.05, 0.1) is 5.69 Å². The van der Waals surface area contributed by atoms with Gasteiger partial charge in [-0.05, 0) is 25.0 Å². The second-order valence-corrected chi connectivity index (χ2v) is 6.10. The van der Waals surface area contributed by atoms with Gasteiger partial charge in [0.1, 0.15) is 12.0 Å². The summed E-state index contributed by atoms with van der Waals surface area (Å²) >= 11 is 0. The van der Waals surface area contributed by atoms with E-state index in [1.54, 1.807) is 6.20 Å². The second-order valence-electron chi connectivity index (χ2n) is 6.10. The van der Waals surface area contributed by atoms with Gasteiger partial charge in [-0.25, -0.2) is 0 Å². The number of aromatic nitrogens is 3. The molecule has 9 heteroatoms. The number of alkyl halides is 3. The number of nitrogens with zero attached hydrogens (tertiary/aromatic N) is 4. The molecule has 136 valence electrons. The first-order valence-corrected chi connectivity index (χ1v) is 7.97. The first kappa shape index (κ1) is 17.8. The minimum atomic E-state index is -4.37. The summed E-state index contributed by atoms with van der Waals surface area (Å²) in [6, 6.07) is 5.76. The summed E-state index contributed by atoms with van der Waals surface area (Å²) in [4.78, 5) is 10.4. The Morgan fingerprint density at radius 2 is 2.04 bits per heavy atom. The molecule has 1 aliphatic rings. The van der Waals surface area contributed by atoms with E-state index in [2.05, 4.69) is 20.0 Å². The molecule has 0 unspecified atom stereocenters. The molecule has 6 nitrogen and oxygen atoms in total. The molecule has 1 aliphatic heterocycles. The van der Waals surface area contributed by atoms with Gasteiger partial charge < -0.3 is 9.26 Å². The number of likely N-dealkylation sites (tertiary alicyclic amines) is 1. The lowest BCUT2D eigenvalue weighted by Gasteiger charge is -2.38. The van der Waals surface area contributed by atoms with E-state index in [1.165, 1.54) is 7.11 Å². The predicted octanol–water partition coefficient (Wildman–Crippen LogP) is 2.71. The number of ether oxygens (including phenoxy) is 1. The van der Waals surface area contributed by atoms with Gasteiger partial charge in [-0.15, -0.1) is 0 Å². The Labute approximate surface area is 143 Å². The Morgan fingerprint density at radius 3 is 2.64 bits per heavy atom. The van der Waals surface area contributed by atoms with Crippen LogP contribution in [0.1, 0.15) is 30.3 Å². The number of pyridine rings is 1. The molecule has 3 heterocycles. The van der Waals surface area contributed by atoms with Crippen molar-refractivity contribution in [3.8, 4) is 0 Å². The highest BCUT2D eigenvalue weighted by Crippen LogP contribution is 2.36. The van der Waals surface area contributed by atoms with E-state index >= 15 is 0 Å². The van der Waals surface area contributed by atoms with Crippen molar-refractivity contribution in [3.63, 3.8) is 0 Å². The normalized spacial score (nSPS) is 18.4. The van der Waals surface area contributed by atoms with Crippen LogP contribution in [0.2, 0.25) is 0 Å². The van der Waals surface area contributed by atoms with Crippen LogP contribution in [0.4, 0.5) is 13.2 Å². The Balaban J connectivity index is 1.65. The Bertz CT molecular complexity index is 682. The molecule has 0 bridgehead atoms. The van der Waals surface area contributed by atoms with Crippen molar-refractivity contribution in [1.82, 2.24) is 20.0 Å². The van der Waals surface area contributed by atoms with Gasteiger partial charge in [-0.1, -0.05) is 11.2 Å². The molecule has 0 amide bonds. The fourth-order valence-corrected chi connectivity index (χ4v) is 2.99. The van der Waals surface area contributed by atoms with E-state index in [1.807, 2.05) is 18.2 Å². The van der Waals surface area contributed by atoms with E-state index in [0.29, 0.717) is 32.5 Å². The third-order valence-corrected chi connectivity index (χ3v) is 4.38. The topological polar surface area (TPSA) is 64.3 Å². The van der Waals surface area contributed by atoms with Crippen molar-refractivity contribution < 1.29 is 22.4 Å². The maximum absolute atomic E-state index is 12.5. The number of halogens is 3. The summed E-state index contributed by atoms with van der Waals surface area (Å²) in [7, 11) is 1.52. The van der Waals surface area contributed by atoms with E-state index in [0.717, 1.165) is 5.69 Å². The summed E-state index contributed by atoms with van der Waals surface area (Å²) < 4.78 is 48.1. The quantitative estimate of drug-likeness (QED) is 0.821. The van der Waals surface area contributed by atoms with Gasteiger partial charge in [0.15, 0.2) is 5.82 Å². The van der Waals surface area contributed by atoms with Crippen molar-refractivity contribution in [1.29, 1.82) is 0 Å². The van der Waals surface area contributed by atoms with Crippen LogP contribution in [-0.2, 0) is 23.3 Å². The maximum atomic E-state index is 12.5. The van der Waals surface area contributed by atoms with Crippen LogP contribution in [0.25, 0.3) is 0 Å². The van der Waals surface area contributed by atoms with Gasteiger partial charge in [0.2, 0.25) is 0 Å². The highest BCUT2D eigenvalue weighted by atomic mass is 19.4. The van der Waals surface area contributed by atoms with Gasteiger partial charge >= 0.3 is 6.18 Å². The number of rotatable bonds is 5. The second kappa shape index (κ2) is 7.09. The third kappa shape index (κ3) is 4.35. The predicted molar refractivity (Wildman–Crippen MR) is 81.5 cm³/mol. The van der Waals surface area contributed by atoms with Crippen LogP contribution in [0, 0.1) is 0 Å². The fourth-order valence-electron chi connectivity index (χ4n) is 2.99. The van der Waals surface area contributed by atoms with Gasteiger partial charge in [-0.3, -0.25) is 9.88 Å². The van der Waals surface area contributed by atoms with Crippen LogP contribution in [0.5, 0.6) is 0 Å². The summed E-state index contributed by atoms with van der Waals surface area (Å²) in [5.74, 6) is -0.249. The molecule has 2 aromatic heterocycles. The summed E-state index contributed by atoms with van der Waals surface area (Å²) in [6.07, 6.45) is -2.71. The molecule has 1 fully saturated rings. The summed E-state index contributed by atoms with van der Waals surface area (Å²) in [5, 5.41) is 3.45. The van der Waals surface area contributed by atoms with Gasteiger partial charge in [-0.2, -0.15) is 18.2 Å². The van der Waals surface area contributed by atoms with Gasteiger partial charge in [0.25, 0.3) is 5.89 Å². The van der Waals surface area contributed by atoms with Gasteiger partial charge in [0, 0.05) is 32.9 Å². The third-order valence-electron chi connectivity index (χ3n) is 4.38. The SMILES string of the molecule is COC1(c2nc(CC(F)(F)F)no2)CCN(Cc2ccccn2)CC1. The minimum Gasteiger partial charge on any atom is -0.368 e. The molecule has 0 N–H and O–H groups in total. The lowest BCUT2D eigenvalue weighted by molar-refractivity contribution is -0.128. The van der Waals surface area contributed by atoms with Crippen LogP contribution in [0.15, 0.2) is 28.9 Å². The molecule has 0 atom stereocenters. The Hall–Kier alpha value is -2.00. The lowest BCUT2D eigenvalue weighted by atomic mass is 9.90. The smallest absolute Gasteiger partial charge is 0.368 e. The molecule has 25 heavy (non-hydrogen) atoms. The number of hydrogen-bond acceptors (Lipinski definition) is 6. The Morgan fingerprint density at radius 1 is 1.28 bits per heavy atom. The molecule has 3 rings (SSSR count). The Kier molecular flexibility index (Phi) is 5.05. The molecule has 0 aliphatic carbocycles. The zero-order valence-corrected chi connectivity index (χ0v) is 13.8. The van der Waals surface area contributed by atoms with Crippen LogP contribution in [-0.4, -0.2) is 46.4 Å².